The van der Waals surface area contributed by atoms with Gasteiger partial charge in [0.15, 0.2) is 0 Å². The number of ether oxygens (including phenoxy) is 4. The van der Waals surface area contributed by atoms with E-state index < -0.39 is 0 Å². The van der Waals surface area contributed by atoms with Crippen molar-refractivity contribution in [3.05, 3.63) is 48.6 Å². The van der Waals surface area contributed by atoms with Crippen LogP contribution in [0.1, 0.15) is 297 Å². The average Bonchev–Trinajstić information content (AvgIpc) is 3.44. The van der Waals surface area contributed by atoms with E-state index in [9.17, 15) is 0 Å². The summed E-state index contributed by atoms with van der Waals surface area (Å²) in [5, 5.41) is 0. The van der Waals surface area contributed by atoms with Gasteiger partial charge in [0.2, 0.25) is 0 Å². The Labute approximate surface area is 535 Å². The third-order valence-electron chi connectivity index (χ3n) is 15.6. The van der Waals surface area contributed by atoms with Crippen LogP contribution in [0.3, 0.4) is 0 Å². The first-order valence-corrected chi connectivity index (χ1v) is 35.1. The van der Waals surface area contributed by atoms with Gasteiger partial charge < -0.3 is 73.3 Å². The Balaban J connectivity index is -0.000000724. The van der Waals surface area contributed by atoms with Crippen molar-refractivity contribution < 1.29 is 61.9 Å². The number of halogens is 2. The van der Waals surface area contributed by atoms with Crippen molar-refractivity contribution in [3.63, 3.8) is 0 Å². The number of hydrogen-bond acceptors (Lipinski definition) is 6. The molecule has 2 atom stereocenters. The summed E-state index contributed by atoms with van der Waals surface area (Å²) in [4.78, 5) is 0. The predicted molar refractivity (Wildman–Crippen MR) is 356 cm³/mol. The van der Waals surface area contributed by atoms with Crippen LogP contribution in [-0.4, -0.2) is 128 Å². The van der Waals surface area contributed by atoms with Crippen molar-refractivity contribution in [3.8, 4) is 0 Å². The highest BCUT2D eigenvalue weighted by Gasteiger charge is 2.24. The Morgan fingerprint density at radius 1 is 0.293 bits per heavy atom. The molecule has 0 aliphatic heterocycles. The fraction of sp³-hybridized carbons (Fsp3) is 0.889. The number of nitrogens with zero attached hydrogens (tertiary/aromatic N) is 2. The Bertz CT molecular complexity index is 1200. The zero-order chi connectivity index (χ0) is 58.8. The van der Waals surface area contributed by atoms with Gasteiger partial charge in [0.1, 0.15) is 25.3 Å². The first-order chi connectivity index (χ1) is 39.1. The SMILES string of the molecule is CCCC/C=C\CCCCCCCCOCC(C[N+](C)(C)CCCN)OCCCCCCCC/C=C\CCCC.CCCC/C=C\CCCCCCCCOCC(C[N+](C)(C)CCCN)OCCCCCCCC/C=C\CCCC.[Br-].[Br-]. The van der Waals surface area contributed by atoms with Gasteiger partial charge in [-0.3, -0.25) is 0 Å². The minimum Gasteiger partial charge on any atom is -1.00 e. The summed E-state index contributed by atoms with van der Waals surface area (Å²) in [5.41, 5.74) is 11.6. The van der Waals surface area contributed by atoms with E-state index in [2.05, 4.69) is 104 Å². The number of allylic oxidation sites excluding steroid dienone is 8. The average molecular weight is 1290 g/mol. The summed E-state index contributed by atoms with van der Waals surface area (Å²) >= 11 is 0. The maximum absolute atomic E-state index is 6.38. The minimum atomic E-state index is 0. The highest BCUT2D eigenvalue weighted by atomic mass is 79.9. The van der Waals surface area contributed by atoms with Gasteiger partial charge in [-0.05, 0) is 116 Å². The molecule has 0 heterocycles. The smallest absolute Gasteiger partial charge is 0.130 e. The second kappa shape index (κ2) is 73.1. The minimum absolute atomic E-state index is 0. The highest BCUT2D eigenvalue weighted by Crippen LogP contribution is 2.15. The second-order valence-electron chi connectivity index (χ2n) is 25.2. The number of unbranched alkanes of at least 4 members (excludes halogenated alkanes) is 32. The Morgan fingerprint density at radius 3 is 0.756 bits per heavy atom. The maximum atomic E-state index is 6.38. The fourth-order valence-electron chi connectivity index (χ4n) is 10.3. The Kier molecular flexibility index (Phi) is 78.4. The predicted octanol–water partition coefficient (Wildman–Crippen LogP) is 13.5. The zero-order valence-electron chi connectivity index (χ0n) is 56.4. The van der Waals surface area contributed by atoms with Gasteiger partial charge in [-0.2, -0.15) is 0 Å². The molecule has 0 radical (unpaired) electrons. The van der Waals surface area contributed by atoms with Crippen LogP contribution in [0.2, 0.25) is 0 Å². The van der Waals surface area contributed by atoms with Crippen LogP contribution in [0.15, 0.2) is 48.6 Å². The van der Waals surface area contributed by atoms with Gasteiger partial charge in [-0.15, -0.1) is 0 Å². The van der Waals surface area contributed by atoms with Crippen molar-refractivity contribution in [2.75, 3.05) is 107 Å². The van der Waals surface area contributed by atoms with Gasteiger partial charge >= 0.3 is 0 Å². The van der Waals surface area contributed by atoms with E-state index in [4.69, 9.17) is 30.4 Å². The molecule has 0 aromatic rings. The van der Waals surface area contributed by atoms with E-state index in [1.165, 1.54) is 244 Å². The maximum Gasteiger partial charge on any atom is 0.130 e. The number of rotatable bonds is 64. The van der Waals surface area contributed by atoms with E-state index in [0.717, 1.165) is 114 Å². The summed E-state index contributed by atoms with van der Waals surface area (Å²) in [6.07, 6.45) is 73.4. The number of nitrogens with two attached hydrogens (primary N) is 2. The molecule has 10 heteroatoms. The first-order valence-electron chi connectivity index (χ1n) is 35.1. The Morgan fingerprint density at radius 2 is 0.512 bits per heavy atom. The van der Waals surface area contributed by atoms with Crippen LogP contribution >= 0.6 is 0 Å². The number of likely N-dealkylation sites (N-methyl/N-ethyl adjacent to an activating group) is 2. The van der Waals surface area contributed by atoms with Crippen LogP contribution < -0.4 is 45.4 Å². The summed E-state index contributed by atoms with van der Waals surface area (Å²) in [6.45, 7) is 19.6. The molecule has 0 saturated heterocycles. The summed E-state index contributed by atoms with van der Waals surface area (Å²) in [5.74, 6) is 0. The molecule has 0 spiro atoms. The van der Waals surface area contributed by atoms with Gasteiger partial charge in [0.05, 0.1) is 54.5 Å². The van der Waals surface area contributed by atoms with Crippen LogP contribution in [-0.2, 0) is 18.9 Å². The fourth-order valence-corrected chi connectivity index (χ4v) is 10.3. The third-order valence-corrected chi connectivity index (χ3v) is 15.6. The summed E-state index contributed by atoms with van der Waals surface area (Å²) < 4.78 is 26.9. The lowest BCUT2D eigenvalue weighted by Gasteiger charge is -2.33. The largest absolute Gasteiger partial charge is 1.00 e. The van der Waals surface area contributed by atoms with Crippen LogP contribution in [0.5, 0.6) is 0 Å². The second-order valence-corrected chi connectivity index (χ2v) is 25.2. The molecular formula is C72H146Br2N4O4. The number of hydrogen-bond donors (Lipinski definition) is 2. The Hall–Kier alpha value is -0.400. The molecule has 82 heavy (non-hydrogen) atoms. The molecule has 0 fully saturated rings. The molecule has 492 valence electrons. The van der Waals surface area contributed by atoms with E-state index >= 15 is 0 Å². The molecular weight excluding hydrogens is 1140 g/mol. The lowest BCUT2D eigenvalue weighted by Crippen LogP contribution is -3.00. The summed E-state index contributed by atoms with van der Waals surface area (Å²) in [6, 6.07) is 0. The molecule has 0 aromatic heterocycles. The van der Waals surface area contributed by atoms with E-state index in [0.29, 0.717) is 0 Å². The van der Waals surface area contributed by atoms with Crippen LogP contribution in [0.4, 0.5) is 0 Å². The molecule has 2 unspecified atom stereocenters. The number of quaternary nitrogens is 2. The van der Waals surface area contributed by atoms with E-state index in [1.54, 1.807) is 0 Å². The lowest BCUT2D eigenvalue weighted by molar-refractivity contribution is -0.893. The molecule has 4 N–H and O–H groups in total. The van der Waals surface area contributed by atoms with Crippen LogP contribution in [0, 0.1) is 0 Å². The third kappa shape index (κ3) is 73.9. The first kappa shape index (κ1) is 88.0. The molecule has 0 aliphatic carbocycles. The summed E-state index contributed by atoms with van der Waals surface area (Å²) in [7, 11) is 9.19. The van der Waals surface area contributed by atoms with Crippen LogP contribution in [0.25, 0.3) is 0 Å². The van der Waals surface area contributed by atoms with Gasteiger partial charge in [0.25, 0.3) is 0 Å². The molecule has 0 saturated carbocycles. The van der Waals surface area contributed by atoms with Crippen molar-refractivity contribution in [1.29, 1.82) is 0 Å². The normalized spacial score (nSPS) is 12.9. The molecule has 0 bridgehead atoms. The quantitative estimate of drug-likeness (QED) is 0.0358. The van der Waals surface area contributed by atoms with E-state index in [-0.39, 0.29) is 46.2 Å². The van der Waals surface area contributed by atoms with Crippen molar-refractivity contribution in [2.24, 2.45) is 11.5 Å². The van der Waals surface area contributed by atoms with Crippen molar-refractivity contribution in [2.45, 2.75) is 310 Å². The van der Waals surface area contributed by atoms with Gasteiger partial charge in [-0.1, -0.05) is 230 Å². The molecule has 0 aromatic carbocycles. The van der Waals surface area contributed by atoms with Crippen molar-refractivity contribution >= 4 is 0 Å². The topological polar surface area (TPSA) is 89.0 Å². The molecule has 8 nitrogen and oxygen atoms in total. The van der Waals surface area contributed by atoms with E-state index in [1.807, 2.05) is 0 Å². The monoisotopic (exact) mass is 1290 g/mol. The molecule has 0 rings (SSSR count). The standard InChI is InChI=1S/2C36H73N2O2.2BrH/c2*1-5-7-9-11-13-15-17-19-21-23-25-27-32-39-35-36(34-38(3,4)31-29-30-37)40-33-28-26-24-22-20-18-16-14-12-10-8-6-2;;/h2*11-14,36H,5-10,15-35,37H2,1-4H3;2*1H/q2*+1;;/p-2/b2*13-11-,14-12-;;. The van der Waals surface area contributed by atoms with Gasteiger partial charge in [-0.25, -0.2) is 0 Å². The molecule has 0 aliphatic rings. The van der Waals surface area contributed by atoms with Gasteiger partial charge in [0, 0.05) is 39.3 Å². The van der Waals surface area contributed by atoms with Crippen molar-refractivity contribution in [1.82, 2.24) is 0 Å². The lowest BCUT2D eigenvalue weighted by atomic mass is 10.1. The zero-order valence-corrected chi connectivity index (χ0v) is 59.6. The molecule has 0 amide bonds. The highest BCUT2D eigenvalue weighted by molar-refractivity contribution is 4.83.